The van der Waals surface area contributed by atoms with Gasteiger partial charge in [0.2, 0.25) is 5.91 Å². The Morgan fingerprint density at radius 1 is 0.962 bits per heavy atom. The van der Waals surface area contributed by atoms with Crippen LogP contribution in [0.4, 0.5) is 16.2 Å². The van der Waals surface area contributed by atoms with Gasteiger partial charge in [-0.3, -0.25) is 4.79 Å². The molecule has 6 nitrogen and oxygen atoms in total. The van der Waals surface area contributed by atoms with Gasteiger partial charge in [-0.25, -0.2) is 4.79 Å². The van der Waals surface area contributed by atoms with Gasteiger partial charge in [-0.2, -0.15) is 0 Å². The maximum atomic E-state index is 12.1. The molecule has 6 heteroatoms. The quantitative estimate of drug-likeness (QED) is 0.615. The van der Waals surface area contributed by atoms with Crippen LogP contribution >= 0.6 is 0 Å². The number of carbonyl (C=O) groups excluding carboxylic acids is 2. The molecule has 0 spiro atoms. The SMILES string of the molecule is CC(=O)Nc1ccc(NC(=O)NC[C@@](C)(CO)Cc2ccccc2)cc1. The van der Waals surface area contributed by atoms with E-state index in [4.69, 9.17) is 0 Å². The van der Waals surface area contributed by atoms with E-state index in [0.717, 1.165) is 5.56 Å². The second-order valence-electron chi connectivity index (χ2n) is 6.70. The Labute approximate surface area is 153 Å². The summed E-state index contributed by atoms with van der Waals surface area (Å²) in [5.74, 6) is -0.148. The molecule has 0 aliphatic heterocycles. The summed E-state index contributed by atoms with van der Waals surface area (Å²) in [6, 6.07) is 16.4. The van der Waals surface area contributed by atoms with Crippen LogP contribution in [-0.2, 0) is 11.2 Å². The summed E-state index contributed by atoms with van der Waals surface area (Å²) in [4.78, 5) is 23.1. The summed E-state index contributed by atoms with van der Waals surface area (Å²) in [6.45, 7) is 3.68. The number of carbonyl (C=O) groups is 2. The van der Waals surface area contributed by atoms with Crippen molar-refractivity contribution in [2.45, 2.75) is 20.3 Å². The standard InChI is InChI=1S/C20H25N3O3/c1-15(25)22-17-8-10-18(11-9-17)23-19(26)21-13-20(2,14-24)12-16-6-4-3-5-7-16/h3-11,24H,12-14H2,1-2H3,(H,22,25)(H2,21,23,26)/t20-/m0/s1. The van der Waals surface area contributed by atoms with Crippen molar-refractivity contribution < 1.29 is 14.7 Å². The minimum Gasteiger partial charge on any atom is -0.396 e. The molecule has 2 aromatic carbocycles. The van der Waals surface area contributed by atoms with Gasteiger partial charge in [-0.05, 0) is 36.2 Å². The molecule has 4 N–H and O–H groups in total. The highest BCUT2D eigenvalue weighted by molar-refractivity contribution is 5.91. The van der Waals surface area contributed by atoms with Crippen LogP contribution in [0.5, 0.6) is 0 Å². The molecule has 0 aliphatic carbocycles. The van der Waals surface area contributed by atoms with Crippen LogP contribution in [-0.4, -0.2) is 30.2 Å². The molecule has 0 fully saturated rings. The van der Waals surface area contributed by atoms with E-state index in [-0.39, 0.29) is 18.5 Å². The fourth-order valence-corrected chi connectivity index (χ4v) is 2.57. The summed E-state index contributed by atoms with van der Waals surface area (Å²) in [5.41, 5.74) is 1.94. The number of hydrogen-bond acceptors (Lipinski definition) is 3. The zero-order chi connectivity index (χ0) is 19.0. The van der Waals surface area contributed by atoms with Crippen LogP contribution in [0.1, 0.15) is 19.4 Å². The number of aliphatic hydroxyl groups excluding tert-OH is 1. The number of urea groups is 1. The Hall–Kier alpha value is -2.86. The predicted molar refractivity (Wildman–Crippen MR) is 103 cm³/mol. The molecular formula is C20H25N3O3. The highest BCUT2D eigenvalue weighted by atomic mass is 16.3. The van der Waals surface area contributed by atoms with Crippen molar-refractivity contribution >= 4 is 23.3 Å². The number of hydrogen-bond donors (Lipinski definition) is 4. The molecule has 1 atom stereocenters. The van der Waals surface area contributed by atoms with Gasteiger partial charge < -0.3 is 21.1 Å². The zero-order valence-corrected chi connectivity index (χ0v) is 15.1. The first-order valence-electron chi connectivity index (χ1n) is 8.47. The number of benzene rings is 2. The van der Waals surface area contributed by atoms with Crippen LogP contribution in [0.2, 0.25) is 0 Å². The fourth-order valence-electron chi connectivity index (χ4n) is 2.57. The van der Waals surface area contributed by atoms with Crippen molar-refractivity contribution in [1.29, 1.82) is 0 Å². The molecule has 0 bridgehead atoms. The molecule has 2 aromatic rings. The van der Waals surface area contributed by atoms with Gasteiger partial charge in [0.1, 0.15) is 0 Å². The molecule has 2 rings (SSSR count). The third-order valence-electron chi connectivity index (χ3n) is 3.99. The Kier molecular flexibility index (Phi) is 6.74. The lowest BCUT2D eigenvalue weighted by Crippen LogP contribution is -2.41. The van der Waals surface area contributed by atoms with Gasteiger partial charge in [0.25, 0.3) is 0 Å². The largest absolute Gasteiger partial charge is 0.396 e. The van der Waals surface area contributed by atoms with Gasteiger partial charge in [0.15, 0.2) is 0 Å². The Bertz CT molecular complexity index is 732. The highest BCUT2D eigenvalue weighted by Gasteiger charge is 2.24. The van der Waals surface area contributed by atoms with E-state index in [1.807, 2.05) is 37.3 Å². The number of anilines is 2. The molecule has 0 saturated carbocycles. The van der Waals surface area contributed by atoms with Crippen LogP contribution in [0.25, 0.3) is 0 Å². The molecular weight excluding hydrogens is 330 g/mol. The maximum absolute atomic E-state index is 12.1. The van der Waals surface area contributed by atoms with E-state index in [0.29, 0.717) is 24.3 Å². The third kappa shape index (κ3) is 6.22. The van der Waals surface area contributed by atoms with E-state index < -0.39 is 5.41 Å². The van der Waals surface area contributed by atoms with E-state index in [2.05, 4.69) is 16.0 Å². The predicted octanol–water partition coefficient (Wildman–Crippen LogP) is 3.01. The highest BCUT2D eigenvalue weighted by Crippen LogP contribution is 2.21. The number of amides is 3. The van der Waals surface area contributed by atoms with Gasteiger partial charge in [-0.15, -0.1) is 0 Å². The zero-order valence-electron chi connectivity index (χ0n) is 15.1. The molecule has 0 saturated heterocycles. The van der Waals surface area contributed by atoms with Crippen molar-refractivity contribution in [3.05, 3.63) is 60.2 Å². The van der Waals surface area contributed by atoms with E-state index in [9.17, 15) is 14.7 Å². The first-order valence-corrected chi connectivity index (χ1v) is 8.47. The molecule has 0 radical (unpaired) electrons. The van der Waals surface area contributed by atoms with Crippen molar-refractivity contribution in [2.24, 2.45) is 5.41 Å². The summed E-state index contributed by atoms with van der Waals surface area (Å²) in [7, 11) is 0. The Morgan fingerprint density at radius 2 is 1.54 bits per heavy atom. The molecule has 0 aromatic heterocycles. The Morgan fingerprint density at radius 3 is 2.08 bits per heavy atom. The second kappa shape index (κ2) is 9.01. The van der Waals surface area contributed by atoms with Gasteiger partial charge in [0, 0.05) is 30.3 Å². The van der Waals surface area contributed by atoms with Crippen LogP contribution in [0.3, 0.4) is 0 Å². The van der Waals surface area contributed by atoms with Crippen LogP contribution < -0.4 is 16.0 Å². The molecule has 0 aliphatic rings. The van der Waals surface area contributed by atoms with Crippen molar-refractivity contribution in [2.75, 3.05) is 23.8 Å². The lowest BCUT2D eigenvalue weighted by atomic mass is 9.84. The molecule has 0 heterocycles. The minimum absolute atomic E-state index is 0.0341. The molecule has 138 valence electrons. The van der Waals surface area contributed by atoms with Crippen molar-refractivity contribution in [3.63, 3.8) is 0 Å². The van der Waals surface area contributed by atoms with Gasteiger partial charge in [-0.1, -0.05) is 37.3 Å². The van der Waals surface area contributed by atoms with Crippen molar-refractivity contribution in [1.82, 2.24) is 5.32 Å². The van der Waals surface area contributed by atoms with E-state index in [1.165, 1.54) is 6.92 Å². The minimum atomic E-state index is -0.450. The van der Waals surface area contributed by atoms with Gasteiger partial charge >= 0.3 is 6.03 Å². The normalized spacial score (nSPS) is 12.7. The summed E-state index contributed by atoms with van der Waals surface area (Å²) < 4.78 is 0. The second-order valence-corrected chi connectivity index (χ2v) is 6.70. The summed E-state index contributed by atoms with van der Waals surface area (Å²) in [6.07, 6.45) is 0.663. The molecule has 0 unspecified atom stereocenters. The van der Waals surface area contributed by atoms with Crippen LogP contribution in [0.15, 0.2) is 54.6 Å². The number of nitrogens with one attached hydrogen (secondary N) is 3. The number of rotatable bonds is 7. The molecule has 26 heavy (non-hydrogen) atoms. The van der Waals surface area contributed by atoms with Crippen molar-refractivity contribution in [3.8, 4) is 0 Å². The van der Waals surface area contributed by atoms with Gasteiger partial charge in [0.05, 0.1) is 6.61 Å². The molecule has 3 amide bonds. The monoisotopic (exact) mass is 355 g/mol. The summed E-state index contributed by atoms with van der Waals surface area (Å²) >= 11 is 0. The lowest BCUT2D eigenvalue weighted by Gasteiger charge is -2.27. The van der Waals surface area contributed by atoms with E-state index in [1.54, 1.807) is 24.3 Å². The lowest BCUT2D eigenvalue weighted by molar-refractivity contribution is -0.114. The maximum Gasteiger partial charge on any atom is 0.319 e. The average molecular weight is 355 g/mol. The van der Waals surface area contributed by atoms with E-state index >= 15 is 0 Å². The number of aliphatic hydroxyl groups is 1. The summed E-state index contributed by atoms with van der Waals surface area (Å²) in [5, 5.41) is 18.0. The average Bonchev–Trinajstić information content (AvgIpc) is 2.62. The third-order valence-corrected chi connectivity index (χ3v) is 3.99. The first kappa shape index (κ1) is 19.5. The first-order chi connectivity index (χ1) is 12.4. The smallest absolute Gasteiger partial charge is 0.319 e. The van der Waals surface area contributed by atoms with Crippen LogP contribution in [0, 0.1) is 5.41 Å². The Balaban J connectivity index is 1.87. The fraction of sp³-hybridized carbons (Fsp3) is 0.300. The topological polar surface area (TPSA) is 90.5 Å².